The van der Waals surface area contributed by atoms with Crippen LogP contribution in [0.15, 0.2) is 12.5 Å². The summed E-state index contributed by atoms with van der Waals surface area (Å²) >= 11 is 0. The lowest BCUT2D eigenvalue weighted by atomic mass is 10.2. The molecule has 3 heterocycles. The van der Waals surface area contributed by atoms with Crippen LogP contribution < -0.4 is 4.90 Å². The Kier molecular flexibility index (Phi) is 4.66. The van der Waals surface area contributed by atoms with Crippen LogP contribution in [0.25, 0.3) is 5.65 Å². The maximum absolute atomic E-state index is 12.2. The maximum atomic E-state index is 12.2. The lowest BCUT2D eigenvalue weighted by molar-refractivity contribution is 0.0240. The zero-order chi connectivity index (χ0) is 18.9. The SMILES string of the molecule is COC(=O)c1cnc(N2CCN(C(=O)OC(C)(C)C)CC2)c2nncn12. The third kappa shape index (κ3) is 3.53. The highest BCUT2D eigenvalue weighted by atomic mass is 16.6. The molecule has 1 saturated heterocycles. The van der Waals surface area contributed by atoms with Crippen molar-refractivity contribution < 1.29 is 19.1 Å². The van der Waals surface area contributed by atoms with Crippen molar-refractivity contribution in [1.82, 2.24) is 24.5 Å². The number of hydrogen-bond donors (Lipinski definition) is 0. The minimum atomic E-state index is -0.521. The first kappa shape index (κ1) is 17.9. The molecule has 0 atom stereocenters. The van der Waals surface area contributed by atoms with Gasteiger partial charge in [-0.05, 0) is 20.8 Å². The average Bonchev–Trinajstić information content (AvgIpc) is 3.08. The predicted molar refractivity (Wildman–Crippen MR) is 92.1 cm³/mol. The smallest absolute Gasteiger partial charge is 0.410 e. The Bertz CT molecular complexity index is 820. The zero-order valence-corrected chi connectivity index (χ0v) is 15.3. The van der Waals surface area contributed by atoms with E-state index < -0.39 is 11.6 Å². The van der Waals surface area contributed by atoms with E-state index in [9.17, 15) is 9.59 Å². The van der Waals surface area contributed by atoms with Gasteiger partial charge in [-0.2, -0.15) is 0 Å². The van der Waals surface area contributed by atoms with Crippen molar-refractivity contribution in [2.24, 2.45) is 0 Å². The Morgan fingerprint density at radius 3 is 2.46 bits per heavy atom. The average molecular weight is 362 g/mol. The van der Waals surface area contributed by atoms with Crippen LogP contribution in [0, 0.1) is 0 Å². The monoisotopic (exact) mass is 362 g/mol. The van der Waals surface area contributed by atoms with E-state index in [0.717, 1.165) is 0 Å². The summed E-state index contributed by atoms with van der Waals surface area (Å²) in [5.41, 5.74) is 0.204. The minimum absolute atomic E-state index is 0.253. The van der Waals surface area contributed by atoms with Gasteiger partial charge in [0.2, 0.25) is 5.65 Å². The molecule has 1 aliphatic heterocycles. The zero-order valence-electron chi connectivity index (χ0n) is 15.3. The summed E-state index contributed by atoms with van der Waals surface area (Å²) in [6.07, 6.45) is 2.57. The number of aromatic nitrogens is 4. The van der Waals surface area contributed by atoms with E-state index in [4.69, 9.17) is 9.47 Å². The Morgan fingerprint density at radius 1 is 1.15 bits per heavy atom. The lowest BCUT2D eigenvalue weighted by Crippen LogP contribution is -2.50. The number of carbonyl (C=O) groups is 2. The fraction of sp³-hybridized carbons (Fsp3) is 0.562. The summed E-state index contributed by atoms with van der Waals surface area (Å²) < 4.78 is 11.7. The number of ether oxygens (including phenoxy) is 2. The molecule has 0 bridgehead atoms. The number of rotatable bonds is 2. The van der Waals surface area contributed by atoms with Gasteiger partial charge in [0.25, 0.3) is 0 Å². The quantitative estimate of drug-likeness (QED) is 0.728. The highest BCUT2D eigenvalue weighted by Crippen LogP contribution is 2.21. The molecule has 0 saturated carbocycles. The molecule has 10 nitrogen and oxygen atoms in total. The van der Waals surface area contributed by atoms with Gasteiger partial charge in [0.1, 0.15) is 11.9 Å². The third-order valence-electron chi connectivity index (χ3n) is 3.94. The molecule has 2 aromatic rings. The van der Waals surface area contributed by atoms with Crippen molar-refractivity contribution in [1.29, 1.82) is 0 Å². The van der Waals surface area contributed by atoms with E-state index in [0.29, 0.717) is 37.6 Å². The van der Waals surface area contributed by atoms with Crippen molar-refractivity contribution in [3.05, 3.63) is 18.2 Å². The van der Waals surface area contributed by atoms with Crippen molar-refractivity contribution in [2.75, 3.05) is 38.2 Å². The Hall–Kier alpha value is -2.91. The second-order valence-corrected chi connectivity index (χ2v) is 6.94. The van der Waals surface area contributed by atoms with Gasteiger partial charge in [0.15, 0.2) is 11.5 Å². The number of amides is 1. The Balaban J connectivity index is 1.75. The molecule has 1 aliphatic rings. The highest BCUT2D eigenvalue weighted by molar-refractivity contribution is 5.88. The van der Waals surface area contributed by atoms with Crippen LogP contribution in [0.1, 0.15) is 31.3 Å². The summed E-state index contributed by atoms with van der Waals surface area (Å²) in [5, 5.41) is 7.94. The number of esters is 1. The normalized spacial score (nSPS) is 15.2. The first-order valence-electron chi connectivity index (χ1n) is 8.30. The van der Waals surface area contributed by atoms with Gasteiger partial charge >= 0.3 is 12.1 Å². The molecule has 0 aliphatic carbocycles. The van der Waals surface area contributed by atoms with Crippen molar-refractivity contribution in [2.45, 2.75) is 26.4 Å². The first-order chi connectivity index (χ1) is 12.3. The molecular weight excluding hydrogens is 340 g/mol. The summed E-state index contributed by atoms with van der Waals surface area (Å²) in [5.74, 6) is 0.0996. The van der Waals surface area contributed by atoms with Crippen molar-refractivity contribution >= 4 is 23.5 Å². The molecule has 0 N–H and O–H groups in total. The number of methoxy groups -OCH3 is 1. The third-order valence-corrected chi connectivity index (χ3v) is 3.94. The first-order valence-corrected chi connectivity index (χ1v) is 8.30. The standard InChI is InChI=1S/C16H22N6O4/c1-16(2,3)26-15(24)21-7-5-20(6-8-21)12-13-19-18-10-22(13)11(9-17-12)14(23)25-4/h9-10H,5-8H2,1-4H3. The predicted octanol–water partition coefficient (Wildman–Crippen LogP) is 0.968. The maximum Gasteiger partial charge on any atom is 0.410 e. The minimum Gasteiger partial charge on any atom is -0.464 e. The molecule has 10 heteroatoms. The Labute approximate surface area is 150 Å². The molecule has 0 aromatic carbocycles. The molecule has 0 radical (unpaired) electrons. The lowest BCUT2D eigenvalue weighted by Gasteiger charge is -2.36. The van der Waals surface area contributed by atoms with Gasteiger partial charge in [-0.3, -0.25) is 4.40 Å². The van der Waals surface area contributed by atoms with Gasteiger partial charge in [0, 0.05) is 26.2 Å². The second kappa shape index (κ2) is 6.77. The van der Waals surface area contributed by atoms with E-state index in [2.05, 4.69) is 15.2 Å². The largest absolute Gasteiger partial charge is 0.464 e. The van der Waals surface area contributed by atoms with Crippen molar-refractivity contribution in [3.8, 4) is 0 Å². The number of carbonyl (C=O) groups excluding carboxylic acids is 2. The molecule has 2 aromatic heterocycles. The summed E-state index contributed by atoms with van der Waals surface area (Å²) in [6.45, 7) is 7.70. The number of hydrogen-bond acceptors (Lipinski definition) is 8. The van der Waals surface area contributed by atoms with Crippen LogP contribution in [-0.4, -0.2) is 75.4 Å². The van der Waals surface area contributed by atoms with Gasteiger partial charge < -0.3 is 19.3 Å². The molecule has 3 rings (SSSR count). The van der Waals surface area contributed by atoms with Gasteiger partial charge in [-0.15, -0.1) is 10.2 Å². The number of piperazine rings is 1. The van der Waals surface area contributed by atoms with E-state index in [1.807, 2.05) is 25.7 Å². The van der Waals surface area contributed by atoms with Crippen LogP contribution in [0.2, 0.25) is 0 Å². The van der Waals surface area contributed by atoms with Gasteiger partial charge in [-0.25, -0.2) is 14.6 Å². The summed E-state index contributed by atoms with van der Waals surface area (Å²) in [7, 11) is 1.31. The van der Waals surface area contributed by atoms with E-state index in [-0.39, 0.29) is 11.8 Å². The molecule has 0 spiro atoms. The van der Waals surface area contributed by atoms with E-state index >= 15 is 0 Å². The van der Waals surface area contributed by atoms with Crippen molar-refractivity contribution in [3.63, 3.8) is 0 Å². The molecule has 26 heavy (non-hydrogen) atoms. The fourth-order valence-electron chi connectivity index (χ4n) is 2.71. The Morgan fingerprint density at radius 2 is 1.85 bits per heavy atom. The van der Waals surface area contributed by atoms with E-state index in [1.54, 1.807) is 9.30 Å². The van der Waals surface area contributed by atoms with E-state index in [1.165, 1.54) is 19.6 Å². The number of nitrogens with zero attached hydrogens (tertiary/aromatic N) is 6. The number of anilines is 1. The van der Waals surface area contributed by atoms with Gasteiger partial charge in [0.05, 0.1) is 13.3 Å². The summed E-state index contributed by atoms with van der Waals surface area (Å²) in [4.78, 5) is 32.1. The second-order valence-electron chi connectivity index (χ2n) is 6.94. The topological polar surface area (TPSA) is 102 Å². The van der Waals surface area contributed by atoms with Crippen LogP contribution >= 0.6 is 0 Å². The highest BCUT2D eigenvalue weighted by Gasteiger charge is 2.28. The van der Waals surface area contributed by atoms with Crippen LogP contribution in [0.3, 0.4) is 0 Å². The molecular formula is C16H22N6O4. The van der Waals surface area contributed by atoms with Crippen LogP contribution in [0.5, 0.6) is 0 Å². The molecule has 1 fully saturated rings. The number of fused-ring (bicyclic) bond motifs is 1. The fourth-order valence-corrected chi connectivity index (χ4v) is 2.71. The molecule has 1 amide bonds. The molecule has 140 valence electrons. The molecule has 0 unspecified atom stereocenters. The van der Waals surface area contributed by atoms with Crippen LogP contribution in [0.4, 0.5) is 10.6 Å². The van der Waals surface area contributed by atoms with Crippen LogP contribution in [-0.2, 0) is 9.47 Å². The summed E-state index contributed by atoms with van der Waals surface area (Å²) in [6, 6.07) is 0. The van der Waals surface area contributed by atoms with Gasteiger partial charge in [-0.1, -0.05) is 0 Å².